The fourth-order valence-electron chi connectivity index (χ4n) is 3.23. The SMILES string of the molecule is O=c1c(Nc2ccc(OC(F)F)cc2)c(-c2ccccc2)sn1Cc1ccc(OC(F)F)cc1. The molecule has 5 nitrogen and oxygen atoms in total. The number of anilines is 2. The Bertz CT molecular complexity index is 1270. The van der Waals surface area contributed by atoms with E-state index in [1.807, 2.05) is 30.3 Å². The lowest BCUT2D eigenvalue weighted by atomic mass is 10.1. The first-order valence-electron chi connectivity index (χ1n) is 10.0. The van der Waals surface area contributed by atoms with Gasteiger partial charge in [-0.25, -0.2) is 0 Å². The minimum Gasteiger partial charge on any atom is -0.435 e. The fraction of sp³-hybridized carbons (Fsp3) is 0.125. The molecule has 0 saturated heterocycles. The highest BCUT2D eigenvalue weighted by molar-refractivity contribution is 7.10. The van der Waals surface area contributed by atoms with Crippen LogP contribution in [0, 0.1) is 0 Å². The molecule has 0 aliphatic carbocycles. The summed E-state index contributed by atoms with van der Waals surface area (Å²) in [7, 11) is 0. The van der Waals surface area contributed by atoms with Crippen LogP contribution in [0.1, 0.15) is 5.56 Å². The Hall–Kier alpha value is -3.79. The minimum atomic E-state index is -2.93. The van der Waals surface area contributed by atoms with E-state index in [1.165, 1.54) is 47.9 Å². The molecule has 1 N–H and O–H groups in total. The zero-order valence-electron chi connectivity index (χ0n) is 17.5. The van der Waals surface area contributed by atoms with Crippen molar-refractivity contribution in [3.05, 3.63) is 94.8 Å². The predicted octanol–water partition coefficient (Wildman–Crippen LogP) is 6.57. The Morgan fingerprint density at radius 2 is 1.35 bits per heavy atom. The zero-order chi connectivity index (χ0) is 24.1. The monoisotopic (exact) mass is 490 g/mol. The number of benzene rings is 3. The van der Waals surface area contributed by atoms with Crippen LogP contribution >= 0.6 is 11.5 Å². The topological polar surface area (TPSA) is 52.5 Å². The highest BCUT2D eigenvalue weighted by atomic mass is 32.1. The van der Waals surface area contributed by atoms with Gasteiger partial charge in [0.05, 0.1) is 11.4 Å². The van der Waals surface area contributed by atoms with Gasteiger partial charge >= 0.3 is 13.2 Å². The van der Waals surface area contributed by atoms with Crippen LogP contribution in [0.2, 0.25) is 0 Å². The Morgan fingerprint density at radius 1 is 0.794 bits per heavy atom. The molecule has 10 heteroatoms. The van der Waals surface area contributed by atoms with Crippen LogP contribution in [0.4, 0.5) is 28.9 Å². The first-order chi connectivity index (χ1) is 16.4. The first kappa shape index (κ1) is 23.4. The van der Waals surface area contributed by atoms with Crippen molar-refractivity contribution >= 4 is 22.9 Å². The van der Waals surface area contributed by atoms with Crippen LogP contribution < -0.4 is 20.3 Å². The van der Waals surface area contributed by atoms with Crippen molar-refractivity contribution in [2.45, 2.75) is 19.8 Å². The van der Waals surface area contributed by atoms with Crippen LogP contribution in [0.3, 0.4) is 0 Å². The summed E-state index contributed by atoms with van der Waals surface area (Å²) in [5, 5.41) is 3.09. The highest BCUT2D eigenvalue weighted by Crippen LogP contribution is 2.33. The van der Waals surface area contributed by atoms with Gasteiger partial charge in [-0.2, -0.15) is 17.6 Å². The van der Waals surface area contributed by atoms with Crippen molar-refractivity contribution in [3.63, 3.8) is 0 Å². The van der Waals surface area contributed by atoms with Gasteiger partial charge in [-0.1, -0.05) is 54.0 Å². The van der Waals surface area contributed by atoms with Gasteiger partial charge in [0, 0.05) is 5.69 Å². The van der Waals surface area contributed by atoms with E-state index in [4.69, 9.17) is 0 Å². The van der Waals surface area contributed by atoms with E-state index in [2.05, 4.69) is 14.8 Å². The van der Waals surface area contributed by atoms with Crippen molar-refractivity contribution in [1.29, 1.82) is 0 Å². The standard InChI is InChI=1S/C24H18F4N2O3S/c25-23(26)32-18-10-6-15(7-11-18)14-30-22(31)20(21(34-30)16-4-2-1-3-5-16)29-17-8-12-19(13-9-17)33-24(27)28/h1-13,23-24,29H,14H2. The molecule has 0 radical (unpaired) electrons. The summed E-state index contributed by atoms with van der Waals surface area (Å²) >= 11 is 1.25. The van der Waals surface area contributed by atoms with E-state index in [1.54, 1.807) is 16.1 Å². The molecule has 0 atom stereocenters. The smallest absolute Gasteiger partial charge is 0.387 e. The molecule has 4 rings (SSSR count). The molecule has 176 valence electrons. The molecular formula is C24H18F4N2O3S. The third-order valence-electron chi connectivity index (χ3n) is 4.73. The summed E-state index contributed by atoms with van der Waals surface area (Å²) in [6.07, 6.45) is 0. The number of alkyl halides is 4. The number of nitrogens with one attached hydrogen (secondary N) is 1. The minimum absolute atomic E-state index is 0.00540. The van der Waals surface area contributed by atoms with Gasteiger partial charge in [0.2, 0.25) is 0 Å². The fourth-order valence-corrected chi connectivity index (χ4v) is 4.31. The van der Waals surface area contributed by atoms with E-state index in [0.29, 0.717) is 16.3 Å². The largest absolute Gasteiger partial charge is 0.435 e. The van der Waals surface area contributed by atoms with Crippen molar-refractivity contribution in [2.75, 3.05) is 5.32 Å². The Morgan fingerprint density at radius 3 is 1.91 bits per heavy atom. The molecule has 34 heavy (non-hydrogen) atoms. The van der Waals surface area contributed by atoms with Crippen LogP contribution in [-0.4, -0.2) is 17.2 Å². The second kappa shape index (κ2) is 10.4. The van der Waals surface area contributed by atoms with E-state index in [-0.39, 0.29) is 23.6 Å². The Balaban J connectivity index is 1.63. The molecule has 0 saturated carbocycles. The van der Waals surface area contributed by atoms with Gasteiger partial charge in [0.1, 0.15) is 17.2 Å². The number of nitrogens with zero attached hydrogens (tertiary/aromatic N) is 1. The van der Waals surface area contributed by atoms with Gasteiger partial charge in [0.15, 0.2) is 0 Å². The maximum atomic E-state index is 13.3. The van der Waals surface area contributed by atoms with Crippen LogP contribution in [0.15, 0.2) is 83.7 Å². The lowest BCUT2D eigenvalue weighted by Gasteiger charge is -2.08. The van der Waals surface area contributed by atoms with E-state index in [9.17, 15) is 22.4 Å². The normalized spacial score (nSPS) is 11.1. The third kappa shape index (κ3) is 5.76. The summed E-state index contributed by atoms with van der Waals surface area (Å²) in [6.45, 7) is -5.62. The van der Waals surface area contributed by atoms with Gasteiger partial charge in [-0.15, -0.1) is 0 Å². The summed E-state index contributed by atoms with van der Waals surface area (Å²) in [5.41, 5.74) is 2.12. The average molecular weight is 490 g/mol. The maximum absolute atomic E-state index is 13.3. The molecule has 3 aromatic carbocycles. The molecule has 0 aliphatic heterocycles. The van der Waals surface area contributed by atoms with Crippen LogP contribution in [0.25, 0.3) is 10.4 Å². The number of hydrogen-bond acceptors (Lipinski definition) is 5. The van der Waals surface area contributed by atoms with Gasteiger partial charge in [-0.05, 0) is 47.5 Å². The maximum Gasteiger partial charge on any atom is 0.387 e. The number of hydrogen-bond donors (Lipinski definition) is 1. The van der Waals surface area contributed by atoms with E-state index < -0.39 is 13.2 Å². The molecule has 0 aliphatic rings. The number of rotatable bonds is 9. The molecule has 4 aromatic rings. The summed E-state index contributed by atoms with van der Waals surface area (Å²) in [6, 6.07) is 21.2. The second-order valence-electron chi connectivity index (χ2n) is 7.05. The van der Waals surface area contributed by atoms with Gasteiger partial charge < -0.3 is 14.8 Å². The van der Waals surface area contributed by atoms with Crippen LogP contribution in [0.5, 0.6) is 11.5 Å². The first-order valence-corrected chi connectivity index (χ1v) is 10.8. The highest BCUT2D eigenvalue weighted by Gasteiger charge is 2.18. The number of ether oxygens (including phenoxy) is 2. The third-order valence-corrected chi connectivity index (χ3v) is 5.87. The van der Waals surface area contributed by atoms with Crippen molar-refractivity contribution in [3.8, 4) is 21.9 Å². The zero-order valence-corrected chi connectivity index (χ0v) is 18.3. The van der Waals surface area contributed by atoms with Crippen molar-refractivity contribution in [2.24, 2.45) is 0 Å². The van der Waals surface area contributed by atoms with E-state index >= 15 is 0 Å². The molecular weight excluding hydrogens is 472 g/mol. The second-order valence-corrected chi connectivity index (χ2v) is 8.09. The predicted molar refractivity (Wildman–Crippen MR) is 123 cm³/mol. The summed E-state index contributed by atoms with van der Waals surface area (Å²) < 4.78 is 59.8. The average Bonchev–Trinajstić information content (AvgIpc) is 3.11. The number of halogens is 4. The molecule has 0 fully saturated rings. The molecule has 0 bridgehead atoms. The molecule has 1 heterocycles. The lowest BCUT2D eigenvalue weighted by Crippen LogP contribution is -2.16. The van der Waals surface area contributed by atoms with Gasteiger partial charge in [-0.3, -0.25) is 8.75 Å². The van der Waals surface area contributed by atoms with Crippen LogP contribution in [-0.2, 0) is 6.54 Å². The van der Waals surface area contributed by atoms with E-state index in [0.717, 1.165) is 11.1 Å². The van der Waals surface area contributed by atoms with Crippen molar-refractivity contribution in [1.82, 2.24) is 3.96 Å². The van der Waals surface area contributed by atoms with Gasteiger partial charge in [0.25, 0.3) is 5.56 Å². The Kier molecular flexibility index (Phi) is 7.17. The summed E-state index contributed by atoms with van der Waals surface area (Å²) in [4.78, 5) is 14.0. The molecule has 0 spiro atoms. The lowest BCUT2D eigenvalue weighted by molar-refractivity contribution is -0.0505. The summed E-state index contributed by atoms with van der Waals surface area (Å²) in [5.74, 6) is 0.0368. The Labute approximate surface area is 196 Å². The number of aromatic nitrogens is 1. The quantitative estimate of drug-likeness (QED) is 0.270. The van der Waals surface area contributed by atoms with Crippen molar-refractivity contribution < 1.29 is 27.0 Å². The molecule has 0 amide bonds. The molecule has 1 aromatic heterocycles. The molecule has 0 unspecified atom stereocenters.